The number of anilines is 2. The lowest BCUT2D eigenvalue weighted by molar-refractivity contribution is 0.0790. The highest BCUT2D eigenvalue weighted by molar-refractivity contribution is 7.18. The molecule has 6 heteroatoms. The zero-order valence-corrected chi connectivity index (χ0v) is 10.5. The molecule has 5 nitrogen and oxygen atoms in total. The van der Waals surface area contributed by atoms with Crippen molar-refractivity contribution in [2.45, 2.75) is 18.9 Å². The third-order valence-electron chi connectivity index (χ3n) is 2.63. The van der Waals surface area contributed by atoms with Gasteiger partial charge in [-0.25, -0.2) is 4.98 Å². The Morgan fingerprint density at radius 3 is 2.50 bits per heavy atom. The van der Waals surface area contributed by atoms with E-state index in [0.717, 1.165) is 18.0 Å². The molecule has 2 rings (SSSR count). The Kier molecular flexibility index (Phi) is 2.75. The van der Waals surface area contributed by atoms with E-state index in [-0.39, 0.29) is 5.91 Å². The second-order valence-electron chi connectivity index (χ2n) is 4.25. The minimum absolute atomic E-state index is 0.00870. The van der Waals surface area contributed by atoms with Crippen molar-refractivity contribution in [3.63, 3.8) is 0 Å². The molecule has 0 spiro atoms. The largest absolute Gasteiger partial charge is 0.382 e. The highest BCUT2D eigenvalue weighted by Crippen LogP contribution is 2.31. The van der Waals surface area contributed by atoms with Crippen molar-refractivity contribution in [3.8, 4) is 0 Å². The average Bonchev–Trinajstić information content (AvgIpc) is 2.99. The van der Waals surface area contributed by atoms with Crippen LogP contribution in [0.2, 0.25) is 0 Å². The van der Waals surface area contributed by atoms with Gasteiger partial charge in [0.1, 0.15) is 10.7 Å². The van der Waals surface area contributed by atoms with Gasteiger partial charge in [-0.3, -0.25) is 4.79 Å². The van der Waals surface area contributed by atoms with Gasteiger partial charge in [-0.15, -0.1) is 0 Å². The molecule has 0 bridgehead atoms. The second kappa shape index (κ2) is 3.93. The molecule has 88 valence electrons. The number of hydrogen-bond donors (Lipinski definition) is 1. The third-order valence-corrected chi connectivity index (χ3v) is 3.86. The van der Waals surface area contributed by atoms with E-state index in [2.05, 4.69) is 4.98 Å². The molecule has 2 N–H and O–H groups in total. The lowest BCUT2D eigenvalue weighted by Gasteiger charge is -2.14. The minimum atomic E-state index is -0.00870. The summed E-state index contributed by atoms with van der Waals surface area (Å²) in [5.74, 6) is 0.330. The molecule has 1 aliphatic rings. The first-order chi connectivity index (χ1) is 7.50. The summed E-state index contributed by atoms with van der Waals surface area (Å²) < 4.78 is 0. The Hall–Kier alpha value is -1.30. The normalized spacial score (nSPS) is 14.9. The molecule has 1 saturated carbocycles. The first kappa shape index (κ1) is 11.2. The number of amides is 1. The van der Waals surface area contributed by atoms with E-state index in [0.29, 0.717) is 16.7 Å². The smallest absolute Gasteiger partial charge is 0.267 e. The van der Waals surface area contributed by atoms with Crippen LogP contribution in [0, 0.1) is 0 Å². The highest BCUT2D eigenvalue weighted by atomic mass is 32.1. The topological polar surface area (TPSA) is 62.5 Å². The molecule has 1 fully saturated rings. The average molecular weight is 240 g/mol. The van der Waals surface area contributed by atoms with Gasteiger partial charge in [0.2, 0.25) is 0 Å². The SMILES string of the molecule is CN(C)c1nc(N)c(C(=O)N(C)C2CC2)s1. The molecule has 0 unspecified atom stereocenters. The lowest BCUT2D eigenvalue weighted by Crippen LogP contribution is -2.28. The summed E-state index contributed by atoms with van der Waals surface area (Å²) in [5, 5.41) is 0.769. The summed E-state index contributed by atoms with van der Waals surface area (Å²) in [7, 11) is 5.60. The van der Waals surface area contributed by atoms with E-state index in [4.69, 9.17) is 5.73 Å². The van der Waals surface area contributed by atoms with Crippen molar-refractivity contribution >= 4 is 28.2 Å². The second-order valence-corrected chi connectivity index (χ2v) is 5.23. The minimum Gasteiger partial charge on any atom is -0.382 e. The van der Waals surface area contributed by atoms with Crippen LogP contribution in [0.3, 0.4) is 0 Å². The van der Waals surface area contributed by atoms with Crippen molar-refractivity contribution < 1.29 is 4.79 Å². The molecular weight excluding hydrogens is 224 g/mol. The maximum Gasteiger partial charge on any atom is 0.267 e. The molecule has 0 aliphatic heterocycles. The monoisotopic (exact) mass is 240 g/mol. The first-order valence-electron chi connectivity index (χ1n) is 5.21. The molecule has 0 atom stereocenters. The summed E-state index contributed by atoms with van der Waals surface area (Å²) in [6, 6.07) is 0.400. The van der Waals surface area contributed by atoms with Crippen LogP contribution in [0.25, 0.3) is 0 Å². The third kappa shape index (κ3) is 1.97. The Bertz CT molecular complexity index is 411. The van der Waals surface area contributed by atoms with Gasteiger partial charge >= 0.3 is 0 Å². The summed E-state index contributed by atoms with van der Waals surface area (Å²) in [5.41, 5.74) is 5.76. The number of nitrogen functional groups attached to an aromatic ring is 1. The Balaban J connectivity index is 2.22. The van der Waals surface area contributed by atoms with Crippen LogP contribution in [-0.2, 0) is 0 Å². The zero-order chi connectivity index (χ0) is 11.9. The van der Waals surface area contributed by atoms with Crippen LogP contribution in [0.4, 0.5) is 10.9 Å². The summed E-state index contributed by atoms with van der Waals surface area (Å²) in [6.45, 7) is 0. The fourth-order valence-electron chi connectivity index (χ4n) is 1.45. The van der Waals surface area contributed by atoms with Gasteiger partial charge in [-0.05, 0) is 12.8 Å². The van der Waals surface area contributed by atoms with Gasteiger partial charge in [0.05, 0.1) is 0 Å². The van der Waals surface area contributed by atoms with Crippen molar-refractivity contribution in [2.75, 3.05) is 31.8 Å². The van der Waals surface area contributed by atoms with Crippen molar-refractivity contribution in [3.05, 3.63) is 4.88 Å². The summed E-state index contributed by atoms with van der Waals surface area (Å²) in [4.78, 5) is 20.4. The molecule has 0 aromatic carbocycles. The molecular formula is C10H16N4OS. The van der Waals surface area contributed by atoms with Crippen LogP contribution in [0.15, 0.2) is 0 Å². The van der Waals surface area contributed by atoms with Crippen molar-refractivity contribution in [2.24, 2.45) is 0 Å². The zero-order valence-electron chi connectivity index (χ0n) is 9.73. The van der Waals surface area contributed by atoms with Crippen LogP contribution >= 0.6 is 11.3 Å². The van der Waals surface area contributed by atoms with Crippen molar-refractivity contribution in [1.29, 1.82) is 0 Å². The molecule has 1 aromatic heterocycles. The van der Waals surface area contributed by atoms with Crippen LogP contribution < -0.4 is 10.6 Å². The van der Waals surface area contributed by atoms with Crippen LogP contribution in [-0.4, -0.2) is 43.0 Å². The fraction of sp³-hybridized carbons (Fsp3) is 0.600. The maximum absolute atomic E-state index is 12.1. The van der Waals surface area contributed by atoms with E-state index < -0.39 is 0 Å². The number of carbonyl (C=O) groups excluding carboxylic acids is 1. The summed E-state index contributed by atoms with van der Waals surface area (Å²) in [6.07, 6.45) is 2.20. The molecule has 0 radical (unpaired) electrons. The standard InChI is InChI=1S/C10H16N4OS/c1-13(2)10-12-8(11)7(16-10)9(15)14(3)6-4-5-6/h6H,4-5,11H2,1-3H3. The summed E-state index contributed by atoms with van der Waals surface area (Å²) >= 11 is 1.35. The number of thiazole rings is 1. The highest BCUT2D eigenvalue weighted by Gasteiger charge is 2.32. The van der Waals surface area contributed by atoms with Crippen LogP contribution in [0.1, 0.15) is 22.5 Å². The number of aromatic nitrogens is 1. The predicted octanol–water partition coefficient (Wildman–Crippen LogP) is 1.03. The van der Waals surface area contributed by atoms with Gasteiger partial charge in [-0.2, -0.15) is 0 Å². The van der Waals surface area contributed by atoms with Crippen LogP contribution in [0.5, 0.6) is 0 Å². The predicted molar refractivity (Wildman–Crippen MR) is 66.0 cm³/mol. The number of hydrogen-bond acceptors (Lipinski definition) is 5. The van der Waals surface area contributed by atoms with E-state index in [1.165, 1.54) is 11.3 Å². The first-order valence-corrected chi connectivity index (χ1v) is 6.03. The Morgan fingerprint density at radius 2 is 2.06 bits per heavy atom. The van der Waals surface area contributed by atoms with E-state index >= 15 is 0 Å². The molecule has 1 amide bonds. The fourth-order valence-corrected chi connectivity index (χ4v) is 2.34. The maximum atomic E-state index is 12.1. The van der Waals surface area contributed by atoms with Gasteiger partial charge in [0.25, 0.3) is 5.91 Å². The van der Waals surface area contributed by atoms with Gasteiger partial charge in [0, 0.05) is 27.2 Å². The Morgan fingerprint density at radius 1 is 1.44 bits per heavy atom. The quantitative estimate of drug-likeness (QED) is 0.857. The number of carbonyl (C=O) groups is 1. The van der Waals surface area contributed by atoms with Gasteiger partial charge in [-0.1, -0.05) is 11.3 Å². The van der Waals surface area contributed by atoms with E-state index in [9.17, 15) is 4.79 Å². The number of rotatable bonds is 3. The van der Waals surface area contributed by atoms with Crippen molar-refractivity contribution in [1.82, 2.24) is 9.88 Å². The number of nitrogens with two attached hydrogens (primary N) is 1. The number of nitrogens with zero attached hydrogens (tertiary/aromatic N) is 3. The molecule has 1 heterocycles. The van der Waals surface area contributed by atoms with E-state index in [1.54, 1.807) is 4.90 Å². The Labute approximate surface area is 98.9 Å². The van der Waals surface area contributed by atoms with Gasteiger partial charge in [0.15, 0.2) is 5.13 Å². The lowest BCUT2D eigenvalue weighted by atomic mass is 10.4. The molecule has 1 aromatic rings. The van der Waals surface area contributed by atoms with E-state index in [1.807, 2.05) is 26.0 Å². The van der Waals surface area contributed by atoms with Gasteiger partial charge < -0.3 is 15.5 Å². The molecule has 16 heavy (non-hydrogen) atoms. The molecule has 1 aliphatic carbocycles. The molecule has 0 saturated heterocycles.